The first-order valence-electron chi connectivity index (χ1n) is 26.5. The third kappa shape index (κ3) is 8.07. The van der Waals surface area contributed by atoms with E-state index in [4.69, 9.17) is 22.5 Å². The molecule has 0 amide bonds. The summed E-state index contributed by atoms with van der Waals surface area (Å²) in [6, 6.07) is 11.3. The molecule has 0 bridgehead atoms. The van der Waals surface area contributed by atoms with Gasteiger partial charge in [-0.15, -0.1) is 0 Å². The Labute approximate surface area is 466 Å². The van der Waals surface area contributed by atoms with Crippen molar-refractivity contribution in [2.24, 2.45) is 57.2 Å². The fourth-order valence-electron chi connectivity index (χ4n) is 16.5. The van der Waals surface area contributed by atoms with Crippen molar-refractivity contribution in [2.75, 3.05) is 0 Å². The first-order chi connectivity index (χ1) is 37.6. The number of rotatable bonds is 9. The van der Waals surface area contributed by atoms with Gasteiger partial charge in [0.1, 0.15) is 18.2 Å². The van der Waals surface area contributed by atoms with Crippen molar-refractivity contribution < 1.29 is 88.0 Å². The molecule has 21 heteroatoms. The average molecular weight is 1150 g/mol. The molecule has 0 spiro atoms. The summed E-state index contributed by atoms with van der Waals surface area (Å²) in [4.78, 5) is 78.2. The molecule has 80 heavy (non-hydrogen) atoms. The van der Waals surface area contributed by atoms with Crippen LogP contribution in [-0.2, 0) is 39.4 Å². The molecule has 2 aromatic heterocycles. The molecule has 14 nitrogen and oxygen atoms in total. The van der Waals surface area contributed by atoms with Crippen LogP contribution < -0.4 is 0 Å². The summed E-state index contributed by atoms with van der Waals surface area (Å²) >= 11 is 0.381. The largest absolute Gasteiger partial charge is 0.457 e. The minimum Gasteiger partial charge on any atom is -0.457 e. The molecule has 0 saturated heterocycles. The van der Waals surface area contributed by atoms with Gasteiger partial charge < -0.3 is 37.3 Å². The highest BCUT2D eigenvalue weighted by Gasteiger charge is 2.80. The summed E-state index contributed by atoms with van der Waals surface area (Å²) in [6.07, 6.45) is 2.42. The van der Waals surface area contributed by atoms with Crippen LogP contribution in [0.4, 0.5) is 22.0 Å². The molecule has 2 heterocycles. The maximum Gasteiger partial charge on any atom is 0.375 e. The molecular formula is C59H61F5O14S2. The van der Waals surface area contributed by atoms with Gasteiger partial charge in [0.05, 0.1) is 55.4 Å². The molecule has 6 saturated carbocycles. The normalized spacial score (nSPS) is 42.0. The Kier molecular flexibility index (Phi) is 14.6. The molecule has 0 radical (unpaired) electrons. The van der Waals surface area contributed by atoms with E-state index >= 15 is 17.6 Å². The molecule has 6 fully saturated rings. The number of benzene rings is 1. The number of furan rings is 2. The Morgan fingerprint density at radius 2 is 1.07 bits per heavy atom. The number of carbonyl (C=O) groups is 6. The van der Waals surface area contributed by atoms with E-state index < -0.39 is 144 Å². The van der Waals surface area contributed by atoms with E-state index in [2.05, 4.69) is 0 Å². The lowest BCUT2D eigenvalue weighted by molar-refractivity contribution is -0.221. The van der Waals surface area contributed by atoms with Gasteiger partial charge in [-0.25, -0.2) is 31.5 Å². The zero-order valence-electron chi connectivity index (χ0n) is 44.5. The van der Waals surface area contributed by atoms with E-state index in [1.165, 1.54) is 99.2 Å². The lowest BCUT2D eigenvalue weighted by Gasteiger charge is -2.63. The maximum atomic E-state index is 17.6. The third-order valence-corrected chi connectivity index (χ3v) is 21.4. The Balaban J connectivity index is 0.000000184. The van der Waals surface area contributed by atoms with Crippen LogP contribution in [0.5, 0.6) is 0 Å². The van der Waals surface area contributed by atoms with Gasteiger partial charge in [0.25, 0.3) is 10.2 Å². The summed E-state index contributed by atoms with van der Waals surface area (Å²) in [6.45, 7) is 9.62. The van der Waals surface area contributed by atoms with Gasteiger partial charge >= 0.3 is 11.9 Å². The molecule has 0 aliphatic heterocycles. The Bertz CT molecular complexity index is 3130. The average Bonchev–Trinajstić information content (AvgIpc) is 4.33. The lowest BCUT2D eigenvalue weighted by Crippen LogP contribution is -2.70. The number of alkyl halides is 4. The van der Waals surface area contributed by atoms with Crippen LogP contribution in [0.25, 0.3) is 0 Å². The van der Waals surface area contributed by atoms with Gasteiger partial charge in [-0.3, -0.25) is 19.2 Å². The first-order valence-corrected chi connectivity index (χ1v) is 28.1. The Morgan fingerprint density at radius 3 is 1.48 bits per heavy atom. The third-order valence-electron chi connectivity index (χ3n) is 20.3. The molecule has 1 aromatic carbocycles. The standard InChI is InChI=1S/C33H33F3O7S.C26H28F2O7S/c1-18-13-22-23-15-25(35)24-14-21(37)10-11-30(24,2)32(23,36)27(38)16-31(22,3)33(18,43-28(39)26-5-4-12-41-26)29(40)44-42-17-19-6-8-20(34)9-7-19;1-13-9-15-16-11-18(27)17-10-14(29)6-7-23(17,2)25(16,28)20(30)12-24(15,3)26(13,22(32)36-33)35-21(31)19-5-4-8-34-19/h4-12,14,18,22-23,25,27,38H,13,15-17H2,1-3H3;4-8,10,13,15-16,18,20,30,33H,9,11-12H2,1-3H3/t18-,22?,23?,25+,27+,30+,31+,32+,33+;13-,15?,16?,18+,20+,23+,24+,25+,26+/m11/s1. The Morgan fingerprint density at radius 1 is 0.650 bits per heavy atom. The zero-order valence-corrected chi connectivity index (χ0v) is 46.1. The van der Waals surface area contributed by atoms with Crippen LogP contribution in [0.1, 0.15) is 107 Å². The number of aliphatic hydroxyl groups excluding tert-OH is 2. The lowest BCUT2D eigenvalue weighted by atomic mass is 9.44. The van der Waals surface area contributed by atoms with E-state index in [1.54, 1.807) is 27.7 Å². The van der Waals surface area contributed by atoms with Crippen LogP contribution in [0.3, 0.4) is 0 Å². The molecule has 4 unspecified atom stereocenters. The van der Waals surface area contributed by atoms with Crippen LogP contribution >= 0.6 is 24.1 Å². The van der Waals surface area contributed by atoms with Crippen LogP contribution in [0.2, 0.25) is 0 Å². The van der Waals surface area contributed by atoms with E-state index in [0.717, 1.165) is 12.2 Å². The van der Waals surface area contributed by atoms with Crippen LogP contribution in [0.15, 0.2) is 117 Å². The number of fused-ring (bicyclic) bond motifs is 10. The highest BCUT2D eigenvalue weighted by Crippen LogP contribution is 2.74. The number of hydrogen-bond acceptors (Lipinski definition) is 16. The van der Waals surface area contributed by atoms with E-state index in [1.807, 2.05) is 0 Å². The minimum atomic E-state index is -2.36. The monoisotopic (exact) mass is 1150 g/mol. The van der Waals surface area contributed by atoms with Crippen LogP contribution in [-0.4, -0.2) is 95.6 Å². The number of aliphatic hydroxyl groups is 2. The summed E-state index contributed by atoms with van der Waals surface area (Å²) in [7, 11) is 0. The van der Waals surface area contributed by atoms with Gasteiger partial charge in [0, 0.05) is 45.3 Å². The molecule has 11 rings (SSSR count). The summed E-state index contributed by atoms with van der Waals surface area (Å²) < 4.78 is 118. The fraction of sp³-hybridized carbons (Fsp3) is 0.525. The van der Waals surface area contributed by atoms with Crippen molar-refractivity contribution in [1.29, 1.82) is 0 Å². The number of carbonyl (C=O) groups excluding carboxylic acids is 6. The van der Waals surface area contributed by atoms with Crippen molar-refractivity contribution in [3.05, 3.63) is 132 Å². The second-order valence-corrected chi connectivity index (χ2v) is 25.2. The van der Waals surface area contributed by atoms with Crippen LogP contribution in [0, 0.1) is 63.0 Å². The van der Waals surface area contributed by atoms with Crippen molar-refractivity contribution >= 4 is 57.8 Å². The van der Waals surface area contributed by atoms with E-state index in [9.17, 15) is 47.9 Å². The van der Waals surface area contributed by atoms with Crippen molar-refractivity contribution in [3.8, 4) is 0 Å². The molecule has 3 aromatic rings. The van der Waals surface area contributed by atoms with Gasteiger partial charge in [-0.1, -0.05) is 52.0 Å². The summed E-state index contributed by atoms with van der Waals surface area (Å²) in [5.41, 5.74) is -13.8. The number of ketones is 2. The predicted molar refractivity (Wildman–Crippen MR) is 279 cm³/mol. The summed E-state index contributed by atoms with van der Waals surface area (Å²) in [5.74, 6) is -8.32. The van der Waals surface area contributed by atoms with E-state index in [0.29, 0.717) is 17.6 Å². The quantitative estimate of drug-likeness (QED) is 0.103. The van der Waals surface area contributed by atoms with E-state index in [-0.39, 0.29) is 79.8 Å². The number of halogens is 5. The highest BCUT2D eigenvalue weighted by atomic mass is 32.2. The number of ether oxygens (including phenoxy) is 2. The number of esters is 2. The predicted octanol–water partition coefficient (Wildman–Crippen LogP) is 10.7. The molecular weight excluding hydrogens is 1090 g/mol. The minimum absolute atomic E-state index is 0.0000472. The Hall–Kier alpha value is -5.45. The first kappa shape index (κ1) is 57.8. The fourth-order valence-corrected chi connectivity index (χ4v) is 18.0. The van der Waals surface area contributed by atoms with Crippen molar-refractivity contribution in [3.63, 3.8) is 0 Å². The second-order valence-electron chi connectivity index (χ2n) is 23.8. The van der Waals surface area contributed by atoms with Crippen molar-refractivity contribution in [1.82, 2.24) is 0 Å². The van der Waals surface area contributed by atoms with Gasteiger partial charge in [-0.2, -0.15) is 0 Å². The molecule has 8 aliphatic carbocycles. The molecule has 428 valence electrons. The summed E-state index contributed by atoms with van der Waals surface area (Å²) in [5, 5.41) is 21.6. The van der Waals surface area contributed by atoms with Gasteiger partial charge in [0.2, 0.25) is 11.5 Å². The SMILES string of the molecule is C[C@@H]1CC2C3C[C@H](F)C4=CC(=O)C=C[C@]4(C)[C@@]3(F)[C@@H](O)C[C@]2(C)[C@@]1(OC(=O)c1ccco1)C(=O)SO.C[C@@H]1CC2C3C[C@H](F)C4=CC(=O)C=C[C@]4(C)[C@@]3(F)[C@@H](O)C[C@]2(C)[C@@]1(OC(=O)c1ccco1)C(=O)SOCc1ccc(F)cc1. The number of hydrogen-bond donors (Lipinski definition) is 3. The maximum absolute atomic E-state index is 17.6. The van der Waals surface area contributed by atoms with Crippen molar-refractivity contribution in [2.45, 2.75) is 134 Å². The smallest absolute Gasteiger partial charge is 0.375 e. The van der Waals surface area contributed by atoms with Gasteiger partial charge in [-0.05, 0) is 142 Å². The molecule has 8 aliphatic rings. The molecule has 3 N–H and O–H groups in total. The topological polar surface area (TPSA) is 217 Å². The molecule has 18 atom stereocenters. The number of allylic oxidation sites excluding steroid dienone is 8. The second kappa shape index (κ2) is 20.2. The zero-order chi connectivity index (χ0) is 57.9. The highest BCUT2D eigenvalue weighted by molar-refractivity contribution is 8.09. The van der Waals surface area contributed by atoms with Gasteiger partial charge in [0.15, 0.2) is 34.1 Å².